The molecule has 0 spiro atoms. The monoisotopic (exact) mass is 329 g/mol. The first-order chi connectivity index (χ1) is 11.1. The van der Waals surface area contributed by atoms with Crippen molar-refractivity contribution in [3.05, 3.63) is 59.9 Å². The number of thioether (sulfide) groups is 1. The largest absolute Gasteiger partial charge is 0.325 e. The highest BCUT2D eigenvalue weighted by Gasteiger charge is 2.42. The molecule has 120 valence electrons. The molecule has 1 fully saturated rings. The second-order valence-electron chi connectivity index (χ2n) is 5.99. The van der Waals surface area contributed by atoms with Gasteiger partial charge in [-0.3, -0.25) is 4.79 Å². The fourth-order valence-corrected chi connectivity index (χ4v) is 3.82. The van der Waals surface area contributed by atoms with Crippen LogP contribution < -0.4 is 5.32 Å². The zero-order valence-corrected chi connectivity index (χ0v) is 14.0. The molecule has 2 aromatic rings. The van der Waals surface area contributed by atoms with Crippen LogP contribution in [0.4, 0.5) is 10.1 Å². The first-order valence-corrected chi connectivity index (χ1v) is 9.08. The van der Waals surface area contributed by atoms with Gasteiger partial charge in [-0.2, -0.15) is 0 Å². The quantitative estimate of drug-likeness (QED) is 0.800. The molecule has 0 aromatic heterocycles. The van der Waals surface area contributed by atoms with Crippen LogP contribution in [0.25, 0.3) is 0 Å². The van der Waals surface area contributed by atoms with E-state index < -0.39 is 5.41 Å². The third-order valence-electron chi connectivity index (χ3n) is 4.60. The van der Waals surface area contributed by atoms with E-state index in [1.807, 2.05) is 36.6 Å². The average Bonchev–Trinajstić information content (AvgIpc) is 3.06. The lowest BCUT2D eigenvalue weighted by Gasteiger charge is -2.28. The average molecular weight is 329 g/mol. The summed E-state index contributed by atoms with van der Waals surface area (Å²) in [5, 5.41) is 3.04. The summed E-state index contributed by atoms with van der Waals surface area (Å²) < 4.78 is 13.6. The molecule has 0 heterocycles. The van der Waals surface area contributed by atoms with Gasteiger partial charge in [0, 0.05) is 10.6 Å². The maximum absolute atomic E-state index is 13.6. The molecule has 1 saturated carbocycles. The van der Waals surface area contributed by atoms with Crippen LogP contribution in [0.1, 0.15) is 31.2 Å². The number of nitrogens with one attached hydrogen (secondary N) is 1. The van der Waals surface area contributed by atoms with Crippen LogP contribution in [0.5, 0.6) is 0 Å². The minimum atomic E-state index is -0.614. The van der Waals surface area contributed by atoms with E-state index in [1.165, 1.54) is 12.1 Å². The Labute approximate surface area is 140 Å². The van der Waals surface area contributed by atoms with Crippen LogP contribution in [-0.2, 0) is 10.2 Å². The molecule has 1 N–H and O–H groups in total. The van der Waals surface area contributed by atoms with Gasteiger partial charge in [0.05, 0.1) is 5.41 Å². The smallest absolute Gasteiger partial charge is 0.235 e. The minimum Gasteiger partial charge on any atom is -0.325 e. The van der Waals surface area contributed by atoms with E-state index in [0.29, 0.717) is 0 Å². The molecule has 0 saturated heterocycles. The first kappa shape index (κ1) is 16.1. The van der Waals surface area contributed by atoms with Crippen molar-refractivity contribution in [3.8, 4) is 0 Å². The molecule has 1 aliphatic rings. The van der Waals surface area contributed by atoms with Crippen LogP contribution in [0.2, 0.25) is 0 Å². The fourth-order valence-electron chi connectivity index (χ4n) is 3.36. The summed E-state index contributed by atoms with van der Waals surface area (Å²) in [5.74, 6) is -0.315. The van der Waals surface area contributed by atoms with E-state index in [2.05, 4.69) is 5.32 Å². The third kappa shape index (κ3) is 3.27. The van der Waals surface area contributed by atoms with E-state index in [1.54, 1.807) is 17.8 Å². The Hall–Kier alpha value is -1.81. The highest BCUT2D eigenvalue weighted by Crippen LogP contribution is 2.42. The number of anilines is 1. The highest BCUT2D eigenvalue weighted by atomic mass is 32.2. The highest BCUT2D eigenvalue weighted by molar-refractivity contribution is 7.98. The summed E-state index contributed by atoms with van der Waals surface area (Å²) in [5.41, 5.74) is 0.968. The van der Waals surface area contributed by atoms with Crippen molar-refractivity contribution in [3.63, 3.8) is 0 Å². The predicted molar refractivity (Wildman–Crippen MR) is 93.4 cm³/mol. The van der Waals surface area contributed by atoms with E-state index in [-0.39, 0.29) is 11.7 Å². The molecular formula is C19H20FNOS. The lowest BCUT2D eigenvalue weighted by atomic mass is 9.78. The third-order valence-corrected chi connectivity index (χ3v) is 5.32. The molecule has 1 aliphatic carbocycles. The number of benzene rings is 2. The fraction of sp³-hybridized carbons (Fsp3) is 0.316. The van der Waals surface area contributed by atoms with E-state index in [4.69, 9.17) is 0 Å². The number of amides is 1. The van der Waals surface area contributed by atoms with Crippen LogP contribution in [0.15, 0.2) is 53.4 Å². The van der Waals surface area contributed by atoms with Crippen molar-refractivity contribution in [2.75, 3.05) is 11.6 Å². The van der Waals surface area contributed by atoms with Crippen molar-refractivity contribution < 1.29 is 9.18 Å². The second-order valence-corrected chi connectivity index (χ2v) is 6.87. The van der Waals surface area contributed by atoms with Gasteiger partial charge in [0.15, 0.2) is 0 Å². The molecule has 0 unspecified atom stereocenters. The van der Waals surface area contributed by atoms with Crippen LogP contribution in [-0.4, -0.2) is 12.2 Å². The molecular weight excluding hydrogens is 309 g/mol. The van der Waals surface area contributed by atoms with Crippen molar-refractivity contribution in [2.45, 2.75) is 36.0 Å². The Morgan fingerprint density at radius 3 is 2.57 bits per heavy atom. The Balaban J connectivity index is 1.90. The zero-order chi connectivity index (χ0) is 16.3. The molecule has 2 nitrogen and oxygen atoms in total. The Morgan fingerprint density at radius 2 is 1.87 bits per heavy atom. The number of hydrogen-bond acceptors (Lipinski definition) is 2. The molecule has 0 bridgehead atoms. The van der Waals surface area contributed by atoms with E-state index >= 15 is 0 Å². The maximum atomic E-state index is 13.6. The number of halogens is 1. The van der Waals surface area contributed by atoms with Gasteiger partial charge in [-0.05, 0) is 55.0 Å². The van der Waals surface area contributed by atoms with Crippen LogP contribution in [0.3, 0.4) is 0 Å². The predicted octanol–water partition coefficient (Wildman–Crippen LogP) is 5.00. The maximum Gasteiger partial charge on any atom is 0.235 e. The zero-order valence-electron chi connectivity index (χ0n) is 13.1. The number of carbonyl (C=O) groups is 1. The van der Waals surface area contributed by atoms with Gasteiger partial charge in [0.25, 0.3) is 0 Å². The summed E-state index contributed by atoms with van der Waals surface area (Å²) >= 11 is 1.64. The summed E-state index contributed by atoms with van der Waals surface area (Å²) in [6, 6.07) is 14.3. The molecule has 2 aromatic carbocycles. The summed E-state index contributed by atoms with van der Waals surface area (Å²) in [6.07, 6.45) is 5.53. The van der Waals surface area contributed by atoms with Gasteiger partial charge in [0.2, 0.25) is 5.91 Å². The van der Waals surface area contributed by atoms with Crippen molar-refractivity contribution in [1.82, 2.24) is 0 Å². The second kappa shape index (κ2) is 6.75. The molecule has 3 rings (SSSR count). The van der Waals surface area contributed by atoms with E-state index in [0.717, 1.165) is 41.8 Å². The van der Waals surface area contributed by atoms with Crippen LogP contribution >= 0.6 is 11.8 Å². The van der Waals surface area contributed by atoms with Crippen molar-refractivity contribution in [1.29, 1.82) is 0 Å². The van der Waals surface area contributed by atoms with Gasteiger partial charge in [0.1, 0.15) is 5.82 Å². The summed E-state index contributed by atoms with van der Waals surface area (Å²) in [4.78, 5) is 14.1. The minimum absolute atomic E-state index is 0.0288. The molecule has 0 atom stereocenters. The molecule has 0 aliphatic heterocycles. The lowest BCUT2D eigenvalue weighted by molar-refractivity contribution is -0.121. The van der Waals surface area contributed by atoms with Crippen molar-refractivity contribution in [2.24, 2.45) is 0 Å². The first-order valence-electron chi connectivity index (χ1n) is 7.86. The Morgan fingerprint density at radius 1 is 1.13 bits per heavy atom. The van der Waals surface area contributed by atoms with Crippen LogP contribution in [0, 0.1) is 5.82 Å². The SMILES string of the molecule is CSc1cccc(NC(=O)C2(c3cccc(F)c3)CCCC2)c1. The molecule has 0 radical (unpaired) electrons. The Bertz CT molecular complexity index is 710. The standard InChI is InChI=1S/C19H20FNOS/c1-23-17-9-5-8-16(13-17)21-18(22)19(10-2-3-11-19)14-6-4-7-15(20)12-14/h4-9,12-13H,2-3,10-11H2,1H3,(H,21,22). The van der Waals surface area contributed by atoms with Gasteiger partial charge < -0.3 is 5.32 Å². The van der Waals surface area contributed by atoms with Gasteiger partial charge in [-0.15, -0.1) is 11.8 Å². The lowest BCUT2D eigenvalue weighted by Crippen LogP contribution is -2.38. The van der Waals surface area contributed by atoms with Gasteiger partial charge in [-0.25, -0.2) is 4.39 Å². The molecule has 1 amide bonds. The van der Waals surface area contributed by atoms with E-state index in [9.17, 15) is 9.18 Å². The van der Waals surface area contributed by atoms with Gasteiger partial charge >= 0.3 is 0 Å². The number of carbonyl (C=O) groups excluding carboxylic acids is 1. The van der Waals surface area contributed by atoms with Crippen molar-refractivity contribution >= 4 is 23.4 Å². The molecule has 4 heteroatoms. The van der Waals surface area contributed by atoms with Gasteiger partial charge in [-0.1, -0.05) is 31.0 Å². The summed E-state index contributed by atoms with van der Waals surface area (Å²) in [6.45, 7) is 0. The topological polar surface area (TPSA) is 29.1 Å². The Kier molecular flexibility index (Phi) is 4.71. The molecule has 23 heavy (non-hydrogen) atoms. The normalized spacial score (nSPS) is 16.3. The number of rotatable bonds is 4. The number of hydrogen-bond donors (Lipinski definition) is 1. The summed E-state index contributed by atoms with van der Waals surface area (Å²) in [7, 11) is 0.